The van der Waals surface area contributed by atoms with Crippen LogP contribution < -0.4 is 14.8 Å². The number of likely N-dealkylation sites (tertiary alicyclic amines) is 1. The minimum Gasteiger partial charge on any atom is -0.454 e. The quantitative estimate of drug-likeness (QED) is 0.929. The summed E-state index contributed by atoms with van der Waals surface area (Å²) >= 11 is 0. The van der Waals surface area contributed by atoms with Crippen LogP contribution in [0.1, 0.15) is 12.0 Å². The van der Waals surface area contributed by atoms with Crippen molar-refractivity contribution in [2.24, 2.45) is 5.92 Å². The van der Waals surface area contributed by atoms with Crippen LogP contribution in [-0.2, 0) is 16.1 Å². The summed E-state index contributed by atoms with van der Waals surface area (Å²) in [6, 6.07) is 15.1. The predicted octanol–water partition coefficient (Wildman–Crippen LogP) is 2.40. The number of carbonyl (C=O) groups is 2. The van der Waals surface area contributed by atoms with Crippen LogP contribution >= 0.6 is 0 Å². The van der Waals surface area contributed by atoms with Gasteiger partial charge in [-0.15, -0.1) is 0 Å². The van der Waals surface area contributed by atoms with Crippen molar-refractivity contribution in [1.29, 1.82) is 0 Å². The lowest BCUT2D eigenvalue weighted by atomic mass is 10.1. The lowest BCUT2D eigenvalue weighted by Crippen LogP contribution is -2.28. The summed E-state index contributed by atoms with van der Waals surface area (Å²) < 4.78 is 10.6. The molecule has 4 rings (SSSR count). The molecule has 1 atom stereocenters. The lowest BCUT2D eigenvalue weighted by Gasteiger charge is -2.16. The number of rotatable bonds is 4. The number of anilines is 1. The van der Waals surface area contributed by atoms with Gasteiger partial charge in [0.25, 0.3) is 0 Å². The molecular formula is C19H18N2O4. The van der Waals surface area contributed by atoms with Gasteiger partial charge in [-0.25, -0.2) is 0 Å². The van der Waals surface area contributed by atoms with Gasteiger partial charge in [0, 0.05) is 31.3 Å². The first-order valence-electron chi connectivity index (χ1n) is 8.21. The largest absolute Gasteiger partial charge is 0.454 e. The van der Waals surface area contributed by atoms with Crippen LogP contribution in [0.5, 0.6) is 11.5 Å². The maximum atomic E-state index is 12.5. The number of carbonyl (C=O) groups excluding carboxylic acids is 2. The fourth-order valence-electron chi connectivity index (χ4n) is 3.12. The highest BCUT2D eigenvalue weighted by atomic mass is 16.7. The third-order valence-electron chi connectivity index (χ3n) is 4.44. The average molecular weight is 338 g/mol. The van der Waals surface area contributed by atoms with E-state index >= 15 is 0 Å². The fourth-order valence-corrected chi connectivity index (χ4v) is 3.12. The summed E-state index contributed by atoms with van der Waals surface area (Å²) in [4.78, 5) is 26.4. The molecule has 0 radical (unpaired) electrons. The van der Waals surface area contributed by atoms with Crippen molar-refractivity contribution in [3.8, 4) is 11.5 Å². The summed E-state index contributed by atoms with van der Waals surface area (Å²) in [7, 11) is 0. The van der Waals surface area contributed by atoms with Crippen molar-refractivity contribution in [2.45, 2.75) is 13.0 Å². The maximum absolute atomic E-state index is 12.5. The molecule has 0 saturated carbocycles. The molecule has 1 fully saturated rings. The number of fused-ring (bicyclic) bond motifs is 1. The Labute approximate surface area is 145 Å². The molecule has 2 amide bonds. The van der Waals surface area contributed by atoms with Gasteiger partial charge in [0.05, 0.1) is 5.92 Å². The Morgan fingerprint density at radius 2 is 1.92 bits per heavy atom. The van der Waals surface area contributed by atoms with Gasteiger partial charge in [-0.3, -0.25) is 9.59 Å². The van der Waals surface area contributed by atoms with Crippen molar-refractivity contribution in [2.75, 3.05) is 18.7 Å². The molecular weight excluding hydrogens is 320 g/mol. The van der Waals surface area contributed by atoms with Gasteiger partial charge in [-0.1, -0.05) is 30.3 Å². The van der Waals surface area contributed by atoms with E-state index < -0.39 is 0 Å². The highest BCUT2D eigenvalue weighted by Gasteiger charge is 2.34. The third kappa shape index (κ3) is 3.28. The first kappa shape index (κ1) is 15.5. The fraction of sp³-hybridized carbons (Fsp3) is 0.263. The molecule has 6 nitrogen and oxygen atoms in total. The second-order valence-corrected chi connectivity index (χ2v) is 6.22. The van der Waals surface area contributed by atoms with E-state index in [0.717, 1.165) is 5.56 Å². The molecule has 2 aromatic rings. The molecule has 2 aliphatic rings. The Bertz CT molecular complexity index is 806. The molecule has 1 saturated heterocycles. The minimum absolute atomic E-state index is 0.00897. The van der Waals surface area contributed by atoms with Gasteiger partial charge in [0.2, 0.25) is 18.6 Å². The molecule has 2 heterocycles. The summed E-state index contributed by atoms with van der Waals surface area (Å²) in [5.41, 5.74) is 1.70. The summed E-state index contributed by atoms with van der Waals surface area (Å²) in [6.45, 7) is 1.16. The van der Waals surface area contributed by atoms with E-state index in [1.165, 1.54) is 0 Å². The van der Waals surface area contributed by atoms with Crippen LogP contribution in [0.25, 0.3) is 0 Å². The molecule has 1 N–H and O–H groups in total. The summed E-state index contributed by atoms with van der Waals surface area (Å²) in [6.07, 6.45) is 0.239. The van der Waals surface area contributed by atoms with E-state index in [-0.39, 0.29) is 30.9 Å². The minimum atomic E-state index is -0.346. The molecule has 128 valence electrons. The van der Waals surface area contributed by atoms with Crippen molar-refractivity contribution in [3.63, 3.8) is 0 Å². The molecule has 0 bridgehead atoms. The Morgan fingerprint density at radius 3 is 2.76 bits per heavy atom. The Hall–Kier alpha value is -3.02. The van der Waals surface area contributed by atoms with E-state index in [0.29, 0.717) is 30.3 Å². The number of ether oxygens (including phenoxy) is 2. The van der Waals surface area contributed by atoms with E-state index in [9.17, 15) is 9.59 Å². The number of hydrogen-bond donors (Lipinski definition) is 1. The molecule has 6 heteroatoms. The van der Waals surface area contributed by atoms with Crippen molar-refractivity contribution in [1.82, 2.24) is 4.90 Å². The SMILES string of the molecule is O=C(Nc1ccc2c(c1)OCO2)[C@H]1CC(=O)N(Cc2ccccc2)C1. The number of nitrogens with one attached hydrogen (secondary N) is 1. The first-order chi connectivity index (χ1) is 12.2. The zero-order valence-electron chi connectivity index (χ0n) is 13.6. The van der Waals surface area contributed by atoms with Crippen LogP contribution in [0.2, 0.25) is 0 Å². The standard InChI is InChI=1S/C19H18N2O4/c22-18-8-14(11-21(18)10-13-4-2-1-3-5-13)19(23)20-15-6-7-16-17(9-15)25-12-24-16/h1-7,9,14H,8,10-12H2,(H,20,23)/t14-/m0/s1. The maximum Gasteiger partial charge on any atom is 0.231 e. The highest BCUT2D eigenvalue weighted by molar-refractivity contribution is 5.97. The van der Waals surface area contributed by atoms with Gasteiger partial charge in [-0.2, -0.15) is 0 Å². The Kier molecular flexibility index (Phi) is 4.01. The predicted molar refractivity (Wildman–Crippen MR) is 91.2 cm³/mol. The first-order valence-corrected chi connectivity index (χ1v) is 8.21. The molecule has 25 heavy (non-hydrogen) atoms. The zero-order chi connectivity index (χ0) is 17.2. The monoisotopic (exact) mass is 338 g/mol. The number of benzene rings is 2. The molecule has 2 aliphatic heterocycles. The smallest absolute Gasteiger partial charge is 0.231 e. The van der Waals surface area contributed by atoms with Crippen LogP contribution in [-0.4, -0.2) is 30.1 Å². The van der Waals surface area contributed by atoms with E-state index in [4.69, 9.17) is 9.47 Å². The third-order valence-corrected chi connectivity index (χ3v) is 4.44. The van der Waals surface area contributed by atoms with Crippen LogP contribution in [0, 0.1) is 5.92 Å². The zero-order valence-corrected chi connectivity index (χ0v) is 13.6. The Morgan fingerprint density at radius 1 is 1.12 bits per heavy atom. The van der Waals surface area contributed by atoms with Gasteiger partial charge in [0.15, 0.2) is 11.5 Å². The summed E-state index contributed by atoms with van der Waals surface area (Å²) in [5, 5.41) is 2.87. The average Bonchev–Trinajstić information content (AvgIpc) is 3.22. The molecule has 0 spiro atoms. The van der Waals surface area contributed by atoms with Gasteiger partial charge in [-0.05, 0) is 17.7 Å². The molecule has 0 aromatic heterocycles. The normalized spacial score (nSPS) is 18.5. The van der Waals surface area contributed by atoms with Gasteiger partial charge in [0.1, 0.15) is 0 Å². The van der Waals surface area contributed by atoms with Crippen LogP contribution in [0.3, 0.4) is 0 Å². The van der Waals surface area contributed by atoms with Crippen LogP contribution in [0.15, 0.2) is 48.5 Å². The topological polar surface area (TPSA) is 67.9 Å². The second-order valence-electron chi connectivity index (χ2n) is 6.22. The lowest BCUT2D eigenvalue weighted by molar-refractivity contribution is -0.128. The second kappa shape index (κ2) is 6.47. The van der Waals surface area contributed by atoms with Gasteiger partial charge >= 0.3 is 0 Å². The van der Waals surface area contributed by atoms with E-state index in [2.05, 4.69) is 5.32 Å². The molecule has 0 unspecified atom stereocenters. The van der Waals surface area contributed by atoms with Crippen molar-refractivity contribution in [3.05, 3.63) is 54.1 Å². The van der Waals surface area contributed by atoms with Crippen LogP contribution in [0.4, 0.5) is 5.69 Å². The van der Waals surface area contributed by atoms with E-state index in [1.54, 1.807) is 23.1 Å². The van der Waals surface area contributed by atoms with Gasteiger partial charge < -0.3 is 19.7 Å². The molecule has 0 aliphatic carbocycles. The number of amides is 2. The van der Waals surface area contributed by atoms with Crippen molar-refractivity contribution >= 4 is 17.5 Å². The number of hydrogen-bond acceptors (Lipinski definition) is 4. The van der Waals surface area contributed by atoms with Crippen molar-refractivity contribution < 1.29 is 19.1 Å². The van der Waals surface area contributed by atoms with E-state index in [1.807, 2.05) is 30.3 Å². The highest BCUT2D eigenvalue weighted by Crippen LogP contribution is 2.34. The Balaban J connectivity index is 1.39. The summed E-state index contributed by atoms with van der Waals surface area (Å²) in [5.74, 6) is 0.799. The number of nitrogens with zero attached hydrogens (tertiary/aromatic N) is 1. The molecule has 2 aromatic carbocycles.